The maximum atomic E-state index is 14.5. The third-order valence-corrected chi connectivity index (χ3v) is 6.19. The average molecular weight is 508 g/mol. The second kappa shape index (κ2) is 9.10. The number of hydrogen-bond acceptors (Lipinski definition) is 6. The quantitative estimate of drug-likeness (QED) is 0.413. The maximum Gasteiger partial charge on any atom is 0.410 e. The average Bonchev–Trinajstić information content (AvgIpc) is 3.39. The van der Waals surface area contributed by atoms with E-state index in [2.05, 4.69) is 15.2 Å². The number of amides is 2. The van der Waals surface area contributed by atoms with Crippen molar-refractivity contribution in [3.63, 3.8) is 0 Å². The normalized spacial score (nSPS) is 14.4. The van der Waals surface area contributed by atoms with Crippen LogP contribution < -0.4 is 10.2 Å². The van der Waals surface area contributed by atoms with Gasteiger partial charge in [-0.2, -0.15) is 0 Å². The molecule has 1 fully saturated rings. The first-order chi connectivity index (χ1) is 17.5. The van der Waals surface area contributed by atoms with E-state index in [9.17, 15) is 14.0 Å². The molecule has 0 saturated carbocycles. The minimum atomic E-state index is -0.541. The lowest BCUT2D eigenvalue weighted by Gasteiger charge is -2.37. The van der Waals surface area contributed by atoms with Gasteiger partial charge in [-0.1, -0.05) is 0 Å². The van der Waals surface area contributed by atoms with E-state index in [1.165, 1.54) is 6.07 Å². The van der Waals surface area contributed by atoms with Gasteiger partial charge in [0, 0.05) is 55.7 Å². The number of hydrogen-bond donors (Lipinski definition) is 1. The molecule has 4 heterocycles. The van der Waals surface area contributed by atoms with Gasteiger partial charge in [0.25, 0.3) is 5.91 Å². The number of pyridine rings is 1. The highest BCUT2D eigenvalue weighted by molar-refractivity contribution is 6.13. The first kappa shape index (κ1) is 24.6. The Morgan fingerprint density at radius 3 is 2.51 bits per heavy atom. The number of anilines is 2. The van der Waals surface area contributed by atoms with Crippen LogP contribution in [0.15, 0.2) is 41.1 Å². The van der Waals surface area contributed by atoms with Gasteiger partial charge >= 0.3 is 6.09 Å². The maximum absolute atomic E-state index is 14.5. The number of imidazole rings is 1. The van der Waals surface area contributed by atoms with Crippen LogP contribution >= 0.6 is 0 Å². The van der Waals surface area contributed by atoms with Crippen LogP contribution in [-0.2, 0) is 4.74 Å². The number of halogens is 1. The summed E-state index contributed by atoms with van der Waals surface area (Å²) in [5.74, 6) is -0.257. The van der Waals surface area contributed by atoms with Crippen LogP contribution in [0.25, 0.3) is 16.6 Å². The summed E-state index contributed by atoms with van der Waals surface area (Å²) in [7, 11) is 0. The largest absolute Gasteiger partial charge is 0.460 e. The third kappa shape index (κ3) is 4.96. The van der Waals surface area contributed by atoms with E-state index in [0.29, 0.717) is 54.5 Å². The lowest BCUT2D eigenvalue weighted by molar-refractivity contribution is 0.0240. The minimum absolute atomic E-state index is 0.204. The number of carbonyl (C=O) groups is 2. The van der Waals surface area contributed by atoms with Crippen molar-refractivity contribution in [3.05, 3.63) is 59.5 Å². The van der Waals surface area contributed by atoms with Gasteiger partial charge < -0.3 is 28.7 Å². The molecular formula is C27H30FN5O4. The van der Waals surface area contributed by atoms with Crippen LogP contribution in [0.2, 0.25) is 0 Å². The number of aromatic nitrogens is 2. The van der Waals surface area contributed by atoms with Crippen molar-refractivity contribution in [2.24, 2.45) is 0 Å². The summed E-state index contributed by atoms with van der Waals surface area (Å²) < 4.78 is 27.5. The Hall–Kier alpha value is -4.08. The molecule has 4 aromatic rings. The van der Waals surface area contributed by atoms with Crippen molar-refractivity contribution in [2.75, 3.05) is 36.4 Å². The summed E-state index contributed by atoms with van der Waals surface area (Å²) in [6, 6.07) is 6.76. The summed E-state index contributed by atoms with van der Waals surface area (Å²) >= 11 is 0. The molecule has 0 unspecified atom stereocenters. The highest BCUT2D eigenvalue weighted by atomic mass is 19.1. The molecule has 1 aromatic carbocycles. The number of carbonyl (C=O) groups excluding carboxylic acids is 2. The van der Waals surface area contributed by atoms with E-state index in [0.717, 1.165) is 11.1 Å². The lowest BCUT2D eigenvalue weighted by atomic mass is 10.1. The summed E-state index contributed by atoms with van der Waals surface area (Å²) in [6.07, 6.45) is 3.00. The Morgan fingerprint density at radius 1 is 1.08 bits per heavy atom. The minimum Gasteiger partial charge on any atom is -0.460 e. The summed E-state index contributed by atoms with van der Waals surface area (Å²) in [5.41, 5.74) is 2.39. The van der Waals surface area contributed by atoms with Gasteiger partial charge in [0.05, 0.1) is 16.9 Å². The number of furan rings is 1. The highest BCUT2D eigenvalue weighted by Gasteiger charge is 2.27. The molecule has 3 aromatic heterocycles. The van der Waals surface area contributed by atoms with E-state index < -0.39 is 17.3 Å². The molecule has 1 saturated heterocycles. The van der Waals surface area contributed by atoms with Crippen LogP contribution in [-0.4, -0.2) is 58.1 Å². The second-order valence-corrected chi connectivity index (χ2v) is 10.3. The molecule has 2 amide bonds. The molecule has 5 rings (SSSR count). The zero-order valence-corrected chi connectivity index (χ0v) is 21.6. The van der Waals surface area contributed by atoms with Gasteiger partial charge in [0.15, 0.2) is 11.5 Å². The highest BCUT2D eigenvalue weighted by Crippen LogP contribution is 2.33. The topological polar surface area (TPSA) is 92.3 Å². The fourth-order valence-electron chi connectivity index (χ4n) is 4.59. The Balaban J connectivity index is 1.37. The summed E-state index contributed by atoms with van der Waals surface area (Å²) in [5, 5.41) is 3.59. The standard InChI is InChI=1S/C27H30FN5O4/c1-16-14-33-15-18(13-21(28)24(33)29-16)30-25(34)19-6-7-22(20-12-17(2)36-23(19)20)31-8-10-32(11-9-31)26(35)37-27(3,4)5/h6-7,12-15H,8-11H2,1-5H3,(H,30,34). The van der Waals surface area contributed by atoms with E-state index in [1.54, 1.807) is 34.7 Å². The van der Waals surface area contributed by atoms with Crippen molar-refractivity contribution >= 4 is 40.0 Å². The number of nitrogens with zero attached hydrogens (tertiary/aromatic N) is 4. The molecule has 37 heavy (non-hydrogen) atoms. The molecule has 1 N–H and O–H groups in total. The van der Waals surface area contributed by atoms with Crippen LogP contribution in [0.3, 0.4) is 0 Å². The molecule has 194 valence electrons. The Labute approximate surface area is 213 Å². The Morgan fingerprint density at radius 2 is 1.81 bits per heavy atom. The van der Waals surface area contributed by atoms with Crippen LogP contribution in [0.5, 0.6) is 0 Å². The van der Waals surface area contributed by atoms with E-state index in [-0.39, 0.29) is 11.7 Å². The molecule has 1 aliphatic heterocycles. The van der Waals surface area contributed by atoms with Crippen molar-refractivity contribution in [1.29, 1.82) is 0 Å². The number of piperazine rings is 1. The van der Waals surface area contributed by atoms with Gasteiger partial charge in [-0.25, -0.2) is 14.2 Å². The summed E-state index contributed by atoms with van der Waals surface area (Å²) in [4.78, 5) is 33.7. The molecule has 9 nitrogen and oxygen atoms in total. The first-order valence-corrected chi connectivity index (χ1v) is 12.2. The van der Waals surface area contributed by atoms with Crippen LogP contribution in [0.4, 0.5) is 20.6 Å². The van der Waals surface area contributed by atoms with Crippen molar-refractivity contribution in [3.8, 4) is 0 Å². The van der Waals surface area contributed by atoms with Gasteiger partial charge in [0.2, 0.25) is 0 Å². The first-order valence-electron chi connectivity index (χ1n) is 12.2. The van der Waals surface area contributed by atoms with Crippen molar-refractivity contribution in [2.45, 2.75) is 40.2 Å². The fourth-order valence-corrected chi connectivity index (χ4v) is 4.59. The molecule has 0 spiro atoms. The number of nitrogens with one attached hydrogen (secondary N) is 1. The van der Waals surface area contributed by atoms with Crippen LogP contribution in [0, 0.1) is 19.7 Å². The Bertz CT molecular complexity index is 1510. The molecule has 0 aliphatic carbocycles. The smallest absolute Gasteiger partial charge is 0.410 e. The fraction of sp³-hybridized carbons (Fsp3) is 0.370. The van der Waals surface area contributed by atoms with E-state index in [1.807, 2.05) is 39.8 Å². The third-order valence-electron chi connectivity index (χ3n) is 6.19. The number of ether oxygens (including phenoxy) is 1. The van der Waals surface area contributed by atoms with E-state index >= 15 is 0 Å². The zero-order valence-electron chi connectivity index (χ0n) is 21.6. The molecule has 0 bridgehead atoms. The number of aryl methyl sites for hydroxylation is 2. The molecule has 1 aliphatic rings. The molecule has 0 radical (unpaired) electrons. The van der Waals surface area contributed by atoms with Gasteiger partial charge in [-0.3, -0.25) is 4.79 Å². The molecule has 0 atom stereocenters. The zero-order chi connectivity index (χ0) is 26.5. The van der Waals surface area contributed by atoms with Crippen molar-refractivity contribution < 1.29 is 23.1 Å². The lowest BCUT2D eigenvalue weighted by Crippen LogP contribution is -2.50. The number of fused-ring (bicyclic) bond motifs is 2. The predicted octanol–water partition coefficient (Wildman–Crippen LogP) is 5.15. The second-order valence-electron chi connectivity index (χ2n) is 10.3. The Kier molecular flexibility index (Phi) is 6.05. The van der Waals surface area contributed by atoms with Gasteiger partial charge in [-0.05, 0) is 52.8 Å². The monoisotopic (exact) mass is 507 g/mol. The predicted molar refractivity (Wildman–Crippen MR) is 139 cm³/mol. The molecular weight excluding hydrogens is 477 g/mol. The van der Waals surface area contributed by atoms with E-state index in [4.69, 9.17) is 9.15 Å². The number of rotatable bonds is 3. The van der Waals surface area contributed by atoms with Crippen molar-refractivity contribution in [1.82, 2.24) is 14.3 Å². The van der Waals surface area contributed by atoms with Crippen LogP contribution in [0.1, 0.15) is 42.6 Å². The molecule has 10 heteroatoms. The summed E-state index contributed by atoms with van der Waals surface area (Å²) in [6.45, 7) is 11.4. The SMILES string of the molecule is Cc1cn2cc(NC(=O)c3ccc(N4CCN(C(=O)OC(C)(C)C)CC4)c4cc(C)oc34)cc(F)c2n1. The van der Waals surface area contributed by atoms with Gasteiger partial charge in [0.1, 0.15) is 16.9 Å². The number of benzene rings is 1. The van der Waals surface area contributed by atoms with Gasteiger partial charge in [-0.15, -0.1) is 0 Å².